The number of hydrogen-bond acceptors (Lipinski definition) is 6. The van der Waals surface area contributed by atoms with Crippen LogP contribution in [0.1, 0.15) is 6.92 Å². The molecule has 1 aromatic carbocycles. The minimum absolute atomic E-state index is 0.175. The zero-order valence-electron chi connectivity index (χ0n) is 12.6. The Labute approximate surface area is 147 Å². The summed E-state index contributed by atoms with van der Waals surface area (Å²) in [6.07, 6.45) is 3.29. The van der Waals surface area contributed by atoms with Crippen LogP contribution in [0, 0.1) is 0 Å². The fraction of sp³-hybridized carbons (Fsp3) is 0.125. The van der Waals surface area contributed by atoms with E-state index in [1.54, 1.807) is 55.7 Å². The molecule has 0 saturated heterocycles. The van der Waals surface area contributed by atoms with Gasteiger partial charge in [-0.15, -0.1) is 10.2 Å². The number of pyridine rings is 1. The van der Waals surface area contributed by atoms with Crippen LogP contribution in [0.15, 0.2) is 58.4 Å². The summed E-state index contributed by atoms with van der Waals surface area (Å²) in [5.74, 6) is 0.216. The Bertz CT molecular complexity index is 841. The van der Waals surface area contributed by atoms with Gasteiger partial charge in [-0.1, -0.05) is 29.4 Å². The van der Waals surface area contributed by atoms with Crippen molar-refractivity contribution in [3.8, 4) is 11.5 Å². The molecule has 2 heterocycles. The highest BCUT2D eigenvalue weighted by molar-refractivity contribution is 8.00. The Kier molecular flexibility index (Phi) is 5.12. The van der Waals surface area contributed by atoms with Crippen molar-refractivity contribution in [3.63, 3.8) is 0 Å². The first-order valence-electron chi connectivity index (χ1n) is 7.09. The Morgan fingerprint density at radius 2 is 2.04 bits per heavy atom. The molecule has 1 amide bonds. The molecule has 122 valence electrons. The molecule has 24 heavy (non-hydrogen) atoms. The zero-order chi connectivity index (χ0) is 16.9. The molecular formula is C16H13ClN4O2S. The van der Waals surface area contributed by atoms with Crippen LogP contribution in [0.2, 0.25) is 5.02 Å². The van der Waals surface area contributed by atoms with Crippen LogP contribution in [-0.2, 0) is 4.79 Å². The number of nitrogens with one attached hydrogen (secondary N) is 1. The summed E-state index contributed by atoms with van der Waals surface area (Å²) in [5, 5.41) is 11.2. The van der Waals surface area contributed by atoms with Crippen LogP contribution in [0.4, 0.5) is 5.69 Å². The van der Waals surface area contributed by atoms with Gasteiger partial charge in [0.25, 0.3) is 5.22 Å². The van der Waals surface area contributed by atoms with Gasteiger partial charge in [-0.3, -0.25) is 9.78 Å². The standard InChI is InChI=1S/C16H13ClN4O2S/c1-10(14(22)19-13-4-2-3-12(17)9-13)24-16-21-20-15(23-16)11-5-7-18-8-6-11/h2-10H,1H3,(H,19,22). The molecule has 8 heteroatoms. The molecule has 0 aliphatic rings. The summed E-state index contributed by atoms with van der Waals surface area (Å²) in [5.41, 5.74) is 1.42. The highest BCUT2D eigenvalue weighted by Crippen LogP contribution is 2.26. The lowest BCUT2D eigenvalue weighted by atomic mass is 10.3. The number of aromatic nitrogens is 3. The van der Waals surface area contributed by atoms with E-state index in [0.717, 1.165) is 5.56 Å². The van der Waals surface area contributed by atoms with Crippen LogP contribution in [0.25, 0.3) is 11.5 Å². The number of amides is 1. The molecule has 3 rings (SSSR count). The van der Waals surface area contributed by atoms with Gasteiger partial charge >= 0.3 is 0 Å². The minimum atomic E-state index is -0.408. The Morgan fingerprint density at radius 3 is 2.79 bits per heavy atom. The first kappa shape index (κ1) is 16.5. The maximum absolute atomic E-state index is 12.2. The van der Waals surface area contributed by atoms with Crippen molar-refractivity contribution >= 4 is 35.0 Å². The number of anilines is 1. The molecule has 0 fully saturated rings. The molecule has 2 aromatic heterocycles. The van der Waals surface area contributed by atoms with Crippen LogP contribution < -0.4 is 5.32 Å². The molecule has 6 nitrogen and oxygen atoms in total. The second-order valence-electron chi connectivity index (χ2n) is 4.87. The summed E-state index contributed by atoms with van der Waals surface area (Å²) in [6, 6.07) is 10.5. The number of thioether (sulfide) groups is 1. The van der Waals surface area contributed by atoms with Crippen molar-refractivity contribution in [2.24, 2.45) is 0 Å². The third-order valence-corrected chi connectivity index (χ3v) is 4.24. The van der Waals surface area contributed by atoms with Gasteiger partial charge in [-0.05, 0) is 37.3 Å². The van der Waals surface area contributed by atoms with Gasteiger partial charge in [-0.2, -0.15) is 0 Å². The maximum Gasteiger partial charge on any atom is 0.277 e. The van der Waals surface area contributed by atoms with E-state index in [4.69, 9.17) is 16.0 Å². The monoisotopic (exact) mass is 360 g/mol. The predicted molar refractivity (Wildman–Crippen MR) is 92.9 cm³/mol. The number of carbonyl (C=O) groups excluding carboxylic acids is 1. The lowest BCUT2D eigenvalue weighted by molar-refractivity contribution is -0.115. The number of hydrogen-bond donors (Lipinski definition) is 1. The molecule has 3 aromatic rings. The van der Waals surface area contributed by atoms with Crippen molar-refractivity contribution in [3.05, 3.63) is 53.8 Å². The number of rotatable bonds is 5. The highest BCUT2D eigenvalue weighted by Gasteiger charge is 2.19. The van der Waals surface area contributed by atoms with Gasteiger partial charge in [0.05, 0.1) is 5.25 Å². The van der Waals surface area contributed by atoms with E-state index in [2.05, 4.69) is 20.5 Å². The van der Waals surface area contributed by atoms with E-state index in [1.807, 2.05) is 0 Å². The second-order valence-corrected chi connectivity index (χ2v) is 6.60. The SMILES string of the molecule is CC(Sc1nnc(-c2ccncc2)o1)C(=O)Nc1cccc(Cl)c1. The Hall–Kier alpha value is -2.38. The number of carbonyl (C=O) groups is 1. The van der Waals surface area contributed by atoms with Gasteiger partial charge in [0.15, 0.2) is 0 Å². The summed E-state index contributed by atoms with van der Waals surface area (Å²) in [4.78, 5) is 16.2. The van der Waals surface area contributed by atoms with Crippen LogP contribution in [-0.4, -0.2) is 26.3 Å². The van der Waals surface area contributed by atoms with E-state index < -0.39 is 5.25 Å². The van der Waals surface area contributed by atoms with Crippen LogP contribution in [0.3, 0.4) is 0 Å². The van der Waals surface area contributed by atoms with Crippen LogP contribution in [0.5, 0.6) is 0 Å². The molecule has 0 radical (unpaired) electrons. The third-order valence-electron chi connectivity index (χ3n) is 3.07. The average molecular weight is 361 g/mol. The van der Waals surface area contributed by atoms with Crippen LogP contribution >= 0.6 is 23.4 Å². The van der Waals surface area contributed by atoms with Crippen molar-refractivity contribution in [2.45, 2.75) is 17.4 Å². The van der Waals surface area contributed by atoms with Crippen molar-refractivity contribution < 1.29 is 9.21 Å². The summed E-state index contributed by atoms with van der Waals surface area (Å²) >= 11 is 7.09. The second kappa shape index (κ2) is 7.46. The van der Waals surface area contributed by atoms with Gasteiger partial charge in [0.1, 0.15) is 0 Å². The quantitative estimate of drug-likeness (QED) is 0.695. The molecule has 0 spiro atoms. The van der Waals surface area contributed by atoms with E-state index in [1.165, 1.54) is 11.8 Å². The molecule has 0 aliphatic heterocycles. The molecule has 0 saturated carbocycles. The fourth-order valence-electron chi connectivity index (χ4n) is 1.88. The van der Waals surface area contributed by atoms with Crippen molar-refractivity contribution in [1.82, 2.24) is 15.2 Å². The predicted octanol–water partition coefficient (Wildman–Crippen LogP) is 3.90. The summed E-state index contributed by atoms with van der Waals surface area (Å²) in [7, 11) is 0. The summed E-state index contributed by atoms with van der Waals surface area (Å²) in [6.45, 7) is 1.76. The first-order chi connectivity index (χ1) is 11.6. The van der Waals surface area contributed by atoms with Gasteiger partial charge in [0.2, 0.25) is 11.8 Å². The minimum Gasteiger partial charge on any atom is -0.411 e. The molecule has 1 N–H and O–H groups in total. The maximum atomic E-state index is 12.2. The number of nitrogens with zero attached hydrogens (tertiary/aromatic N) is 3. The number of halogens is 1. The van der Waals surface area contributed by atoms with E-state index in [0.29, 0.717) is 21.8 Å². The smallest absolute Gasteiger partial charge is 0.277 e. The normalized spacial score (nSPS) is 11.9. The topological polar surface area (TPSA) is 80.9 Å². The zero-order valence-corrected chi connectivity index (χ0v) is 14.2. The molecular weight excluding hydrogens is 348 g/mol. The fourth-order valence-corrected chi connectivity index (χ4v) is 2.76. The van der Waals surface area contributed by atoms with Gasteiger partial charge in [0, 0.05) is 28.7 Å². The van der Waals surface area contributed by atoms with Crippen molar-refractivity contribution in [2.75, 3.05) is 5.32 Å². The van der Waals surface area contributed by atoms with E-state index in [9.17, 15) is 4.79 Å². The Balaban J connectivity index is 1.63. The molecule has 1 atom stereocenters. The van der Waals surface area contributed by atoms with E-state index in [-0.39, 0.29) is 5.91 Å². The largest absolute Gasteiger partial charge is 0.411 e. The molecule has 0 aliphatic carbocycles. The number of benzene rings is 1. The molecule has 0 bridgehead atoms. The molecule has 1 unspecified atom stereocenters. The average Bonchev–Trinajstić information content (AvgIpc) is 3.04. The van der Waals surface area contributed by atoms with Crippen molar-refractivity contribution in [1.29, 1.82) is 0 Å². The first-order valence-corrected chi connectivity index (χ1v) is 8.34. The summed E-state index contributed by atoms with van der Waals surface area (Å²) < 4.78 is 5.57. The van der Waals surface area contributed by atoms with E-state index >= 15 is 0 Å². The highest BCUT2D eigenvalue weighted by atomic mass is 35.5. The lowest BCUT2D eigenvalue weighted by Gasteiger charge is -2.09. The Morgan fingerprint density at radius 1 is 1.25 bits per heavy atom. The van der Waals surface area contributed by atoms with Gasteiger partial charge < -0.3 is 9.73 Å². The third kappa shape index (κ3) is 4.12. The van der Waals surface area contributed by atoms with Gasteiger partial charge in [-0.25, -0.2) is 0 Å². The lowest BCUT2D eigenvalue weighted by Crippen LogP contribution is -2.22.